The van der Waals surface area contributed by atoms with Gasteiger partial charge >= 0.3 is 0 Å². The molecule has 0 radical (unpaired) electrons. The lowest BCUT2D eigenvalue weighted by atomic mass is 10.2. The molecule has 0 bridgehead atoms. The fraction of sp³-hybridized carbons (Fsp3) is 0.235. The first-order chi connectivity index (χ1) is 12.0. The Morgan fingerprint density at radius 1 is 1.08 bits per heavy atom. The summed E-state index contributed by atoms with van der Waals surface area (Å²) < 4.78 is 36.1. The molecule has 0 atom stereocenters. The van der Waals surface area contributed by atoms with E-state index >= 15 is 0 Å². The molecule has 4 N–H and O–H groups in total. The molecule has 8 heteroatoms. The highest BCUT2D eigenvalue weighted by molar-refractivity contribution is 8.22. The molecule has 0 saturated carbocycles. The standard InChI is InChI=1S/C17H20FN3O3S/c18-14-7-5-13(6-8-14)17(22)20-15-3-1-2-4-16(15)25(23,24)21-11-9-19-10-12-21/h1-8,19,23-24H,9-12H2,(H,20,22). The monoisotopic (exact) mass is 365 g/mol. The summed E-state index contributed by atoms with van der Waals surface area (Å²) in [5.41, 5.74) is 0.616. The first kappa shape index (κ1) is 17.8. The molecule has 0 spiro atoms. The molecule has 2 aromatic rings. The Bertz CT molecular complexity index is 749. The Morgan fingerprint density at radius 2 is 1.72 bits per heavy atom. The largest absolute Gasteiger partial charge is 0.320 e. The number of nitrogens with zero attached hydrogens (tertiary/aromatic N) is 1. The minimum atomic E-state index is -3.21. The van der Waals surface area contributed by atoms with Crippen molar-refractivity contribution >= 4 is 22.4 Å². The molecule has 1 fully saturated rings. The Balaban J connectivity index is 1.85. The van der Waals surface area contributed by atoms with Crippen LogP contribution in [0, 0.1) is 5.82 Å². The van der Waals surface area contributed by atoms with Gasteiger partial charge in [0.05, 0.1) is 10.6 Å². The van der Waals surface area contributed by atoms with Crippen LogP contribution >= 0.6 is 10.8 Å². The van der Waals surface area contributed by atoms with Crippen LogP contribution in [0.5, 0.6) is 0 Å². The maximum Gasteiger partial charge on any atom is 0.255 e. The molecule has 134 valence electrons. The van der Waals surface area contributed by atoms with Crippen molar-refractivity contribution in [3.05, 3.63) is 59.9 Å². The van der Waals surface area contributed by atoms with Crippen LogP contribution in [-0.2, 0) is 0 Å². The van der Waals surface area contributed by atoms with Gasteiger partial charge in [-0.15, -0.1) is 10.8 Å². The second kappa shape index (κ2) is 7.51. The number of rotatable bonds is 4. The number of carbonyl (C=O) groups excluding carboxylic acids is 1. The fourth-order valence-corrected chi connectivity index (χ4v) is 4.29. The minimum Gasteiger partial charge on any atom is -0.320 e. The van der Waals surface area contributed by atoms with Crippen LogP contribution in [0.1, 0.15) is 10.4 Å². The quantitative estimate of drug-likeness (QED) is 0.669. The molecule has 2 aromatic carbocycles. The van der Waals surface area contributed by atoms with Gasteiger partial charge in [-0.05, 0) is 36.4 Å². The molecule has 6 nitrogen and oxygen atoms in total. The number of piperazine rings is 1. The molecule has 0 aromatic heterocycles. The van der Waals surface area contributed by atoms with Gasteiger partial charge in [0, 0.05) is 31.7 Å². The highest BCUT2D eigenvalue weighted by atomic mass is 32.3. The van der Waals surface area contributed by atoms with Gasteiger partial charge in [0.1, 0.15) is 5.82 Å². The minimum absolute atomic E-state index is 0.271. The van der Waals surface area contributed by atoms with Crippen molar-refractivity contribution in [1.82, 2.24) is 9.62 Å². The average Bonchev–Trinajstić information content (AvgIpc) is 2.63. The van der Waals surface area contributed by atoms with E-state index < -0.39 is 22.5 Å². The van der Waals surface area contributed by atoms with Gasteiger partial charge < -0.3 is 10.6 Å². The lowest BCUT2D eigenvalue weighted by Gasteiger charge is -2.45. The highest BCUT2D eigenvalue weighted by Gasteiger charge is 2.29. The van der Waals surface area contributed by atoms with Gasteiger partial charge in [-0.2, -0.15) is 4.31 Å². The normalized spacial score (nSPS) is 16.4. The third-order valence-corrected chi connectivity index (χ3v) is 6.00. The molecule has 1 saturated heterocycles. The zero-order chi connectivity index (χ0) is 17.9. The zero-order valence-corrected chi connectivity index (χ0v) is 14.3. The number of anilines is 1. The number of benzene rings is 2. The summed E-state index contributed by atoms with van der Waals surface area (Å²) in [7, 11) is -3.21. The van der Waals surface area contributed by atoms with E-state index in [1.807, 2.05) is 0 Å². The number of para-hydroxylation sites is 1. The second-order valence-electron chi connectivity index (χ2n) is 5.66. The van der Waals surface area contributed by atoms with Crippen LogP contribution in [0.4, 0.5) is 10.1 Å². The Labute approximate surface area is 147 Å². The molecular formula is C17H20FN3O3S. The van der Waals surface area contributed by atoms with Gasteiger partial charge in [0.2, 0.25) is 0 Å². The third-order valence-electron chi connectivity index (χ3n) is 3.97. The third kappa shape index (κ3) is 4.00. The molecule has 25 heavy (non-hydrogen) atoms. The Morgan fingerprint density at radius 3 is 2.40 bits per heavy atom. The maximum atomic E-state index is 13.0. The van der Waals surface area contributed by atoms with E-state index in [1.165, 1.54) is 24.3 Å². The molecule has 0 aliphatic carbocycles. The molecule has 3 rings (SSSR count). The summed E-state index contributed by atoms with van der Waals surface area (Å²) in [4.78, 5) is 12.6. The van der Waals surface area contributed by atoms with Crippen LogP contribution in [0.3, 0.4) is 0 Å². The molecule has 0 unspecified atom stereocenters. The van der Waals surface area contributed by atoms with Gasteiger partial charge in [-0.1, -0.05) is 12.1 Å². The maximum absolute atomic E-state index is 13.0. The number of hydrogen-bond acceptors (Lipinski definition) is 5. The lowest BCUT2D eigenvalue weighted by molar-refractivity contribution is 0.102. The van der Waals surface area contributed by atoms with E-state index in [1.54, 1.807) is 28.6 Å². The van der Waals surface area contributed by atoms with Crippen LogP contribution in [0.25, 0.3) is 0 Å². The van der Waals surface area contributed by atoms with Crippen molar-refractivity contribution in [1.29, 1.82) is 0 Å². The molecule has 1 amide bonds. The van der Waals surface area contributed by atoms with Crippen molar-refractivity contribution in [3.8, 4) is 0 Å². The lowest BCUT2D eigenvalue weighted by Crippen LogP contribution is -2.44. The fourth-order valence-electron chi connectivity index (χ4n) is 2.64. The van der Waals surface area contributed by atoms with Crippen molar-refractivity contribution in [2.45, 2.75) is 4.90 Å². The predicted molar refractivity (Wildman–Crippen MR) is 96.4 cm³/mol. The highest BCUT2D eigenvalue weighted by Crippen LogP contribution is 2.54. The van der Waals surface area contributed by atoms with Crippen molar-refractivity contribution < 1.29 is 18.3 Å². The number of nitrogens with one attached hydrogen (secondary N) is 2. The first-order valence-corrected chi connectivity index (χ1v) is 9.39. The summed E-state index contributed by atoms with van der Waals surface area (Å²) in [5, 5.41) is 5.85. The van der Waals surface area contributed by atoms with E-state index in [-0.39, 0.29) is 10.5 Å². The first-order valence-electron chi connectivity index (χ1n) is 7.88. The molecular weight excluding hydrogens is 345 g/mol. The molecule has 1 heterocycles. The van der Waals surface area contributed by atoms with Crippen LogP contribution in [0.15, 0.2) is 53.4 Å². The van der Waals surface area contributed by atoms with Gasteiger partial charge in [0.15, 0.2) is 0 Å². The smallest absolute Gasteiger partial charge is 0.255 e. The molecule has 1 aliphatic heterocycles. The van der Waals surface area contributed by atoms with Gasteiger partial charge in [-0.25, -0.2) is 4.39 Å². The van der Waals surface area contributed by atoms with Crippen molar-refractivity contribution in [2.24, 2.45) is 0 Å². The molecule has 1 aliphatic rings. The average molecular weight is 365 g/mol. The number of carbonyl (C=O) groups is 1. The zero-order valence-electron chi connectivity index (χ0n) is 13.5. The van der Waals surface area contributed by atoms with Crippen molar-refractivity contribution in [3.63, 3.8) is 0 Å². The topological polar surface area (TPSA) is 84.8 Å². The van der Waals surface area contributed by atoms with Gasteiger partial charge in [-0.3, -0.25) is 13.9 Å². The van der Waals surface area contributed by atoms with Crippen LogP contribution in [0.2, 0.25) is 0 Å². The van der Waals surface area contributed by atoms with E-state index in [0.29, 0.717) is 31.9 Å². The summed E-state index contributed by atoms with van der Waals surface area (Å²) in [6.07, 6.45) is 0. The number of amides is 1. The number of halogens is 1. The van der Waals surface area contributed by atoms with E-state index in [9.17, 15) is 18.3 Å². The van der Waals surface area contributed by atoms with Gasteiger partial charge in [0.25, 0.3) is 5.91 Å². The van der Waals surface area contributed by atoms with Crippen LogP contribution in [-0.4, -0.2) is 45.5 Å². The Kier molecular flexibility index (Phi) is 5.36. The SMILES string of the molecule is O=C(Nc1ccccc1S(O)(O)N1CCNCC1)c1ccc(F)cc1. The van der Waals surface area contributed by atoms with E-state index in [0.717, 1.165) is 0 Å². The van der Waals surface area contributed by atoms with E-state index in [2.05, 4.69) is 10.6 Å². The number of hydrogen-bond donors (Lipinski definition) is 4. The summed E-state index contributed by atoms with van der Waals surface area (Å²) in [6, 6.07) is 11.8. The van der Waals surface area contributed by atoms with E-state index in [4.69, 9.17) is 0 Å². The summed E-state index contributed by atoms with van der Waals surface area (Å²) in [5.74, 6) is -0.868. The Hall–Kier alpha value is -1.97. The predicted octanol–water partition coefficient (Wildman–Crippen LogP) is 3.01. The summed E-state index contributed by atoms with van der Waals surface area (Å²) >= 11 is 0. The van der Waals surface area contributed by atoms with Crippen LogP contribution < -0.4 is 10.6 Å². The van der Waals surface area contributed by atoms with Crippen molar-refractivity contribution in [2.75, 3.05) is 31.5 Å². The summed E-state index contributed by atoms with van der Waals surface area (Å²) in [6.45, 7) is 2.34. The second-order valence-corrected chi connectivity index (χ2v) is 7.65.